The second kappa shape index (κ2) is 11.5. The van der Waals surface area contributed by atoms with Crippen LogP contribution in [0.5, 0.6) is 0 Å². The van der Waals surface area contributed by atoms with Crippen molar-refractivity contribution in [2.75, 3.05) is 13.2 Å². The van der Waals surface area contributed by atoms with Crippen molar-refractivity contribution in [1.29, 1.82) is 0 Å². The molecule has 0 spiro atoms. The van der Waals surface area contributed by atoms with Crippen molar-refractivity contribution in [2.24, 2.45) is 5.92 Å². The maximum Gasteiger partial charge on any atom is 0.0644 e. The lowest BCUT2D eigenvalue weighted by atomic mass is 9.79. The summed E-state index contributed by atoms with van der Waals surface area (Å²) < 4.78 is 5.62. The van der Waals surface area contributed by atoms with E-state index in [-0.39, 0.29) is 0 Å². The molecule has 1 aromatic carbocycles. The van der Waals surface area contributed by atoms with Crippen molar-refractivity contribution in [1.82, 2.24) is 0 Å². The molecule has 0 amide bonds. The number of ether oxygens (including phenoxy) is 1. The lowest BCUT2D eigenvalue weighted by Gasteiger charge is -2.28. The molecule has 1 aliphatic rings. The second-order valence-electron chi connectivity index (χ2n) is 7.45. The molecule has 0 N–H and O–H groups in total. The molecule has 2 rings (SSSR count). The zero-order valence-electron chi connectivity index (χ0n) is 15.6. The van der Waals surface area contributed by atoms with Gasteiger partial charge in [0.25, 0.3) is 0 Å². The van der Waals surface area contributed by atoms with Crippen LogP contribution >= 0.6 is 0 Å². The first-order valence-electron chi connectivity index (χ1n) is 10.1. The van der Waals surface area contributed by atoms with Gasteiger partial charge in [-0.05, 0) is 61.5 Å². The van der Waals surface area contributed by atoms with Crippen LogP contribution < -0.4 is 0 Å². The van der Waals surface area contributed by atoms with Gasteiger partial charge >= 0.3 is 0 Å². The molecule has 0 atom stereocenters. The van der Waals surface area contributed by atoms with Crippen LogP contribution in [0.1, 0.15) is 81.8 Å². The summed E-state index contributed by atoms with van der Waals surface area (Å²) in [6.07, 6.45) is 15.2. The summed E-state index contributed by atoms with van der Waals surface area (Å²) >= 11 is 0. The Morgan fingerprint density at radius 2 is 1.71 bits per heavy atom. The molecule has 0 heterocycles. The van der Waals surface area contributed by atoms with E-state index in [0.29, 0.717) is 6.61 Å². The number of unbranched alkanes of at least 4 members (excludes halogenated alkanes) is 4. The molecule has 0 saturated heterocycles. The monoisotopic (exact) mass is 328 g/mol. The molecule has 24 heavy (non-hydrogen) atoms. The molecule has 0 aromatic heterocycles. The van der Waals surface area contributed by atoms with Crippen LogP contribution in [-0.2, 0) is 11.2 Å². The standard InChI is InChI=1S/C23H36O/c1-3-5-6-7-8-9-20-10-14-22(15-11-20)23-16-12-21(13-17-23)19-24-18-4-2/h4,10-11,14-15,21,23H,2-3,5-9,12-13,16-19H2,1H3. The third kappa shape index (κ3) is 6.81. The zero-order valence-corrected chi connectivity index (χ0v) is 15.6. The number of hydrogen-bond acceptors (Lipinski definition) is 1. The van der Waals surface area contributed by atoms with Crippen LogP contribution in [0.2, 0.25) is 0 Å². The van der Waals surface area contributed by atoms with E-state index in [1.165, 1.54) is 69.8 Å². The minimum absolute atomic E-state index is 0.694. The topological polar surface area (TPSA) is 9.23 Å². The van der Waals surface area contributed by atoms with Crippen molar-refractivity contribution < 1.29 is 4.74 Å². The average Bonchev–Trinajstić information content (AvgIpc) is 2.63. The zero-order chi connectivity index (χ0) is 17.0. The second-order valence-corrected chi connectivity index (χ2v) is 7.45. The normalized spacial score (nSPS) is 20.9. The first-order valence-corrected chi connectivity index (χ1v) is 10.1. The van der Waals surface area contributed by atoms with Crippen molar-refractivity contribution in [2.45, 2.75) is 77.0 Å². The fourth-order valence-corrected chi connectivity index (χ4v) is 3.87. The van der Waals surface area contributed by atoms with E-state index in [0.717, 1.165) is 18.4 Å². The predicted molar refractivity (Wildman–Crippen MR) is 105 cm³/mol. The molecule has 1 aliphatic carbocycles. The fourth-order valence-electron chi connectivity index (χ4n) is 3.87. The van der Waals surface area contributed by atoms with Crippen molar-refractivity contribution in [3.63, 3.8) is 0 Å². The highest BCUT2D eigenvalue weighted by atomic mass is 16.5. The van der Waals surface area contributed by atoms with Crippen LogP contribution in [0.25, 0.3) is 0 Å². The quantitative estimate of drug-likeness (QED) is 0.325. The molecule has 1 saturated carbocycles. The highest BCUT2D eigenvalue weighted by molar-refractivity contribution is 5.25. The minimum atomic E-state index is 0.694. The molecule has 1 nitrogen and oxygen atoms in total. The molecular formula is C23H36O. The van der Waals surface area contributed by atoms with Gasteiger partial charge in [0.2, 0.25) is 0 Å². The first-order chi connectivity index (χ1) is 11.8. The Kier molecular flexibility index (Phi) is 9.20. The van der Waals surface area contributed by atoms with Crippen LogP contribution in [0.4, 0.5) is 0 Å². The summed E-state index contributed by atoms with van der Waals surface area (Å²) in [6.45, 7) is 7.59. The van der Waals surface area contributed by atoms with Gasteiger partial charge in [0.05, 0.1) is 6.61 Å². The maximum atomic E-state index is 5.62. The van der Waals surface area contributed by atoms with Crippen molar-refractivity contribution in [3.8, 4) is 0 Å². The summed E-state index contributed by atoms with van der Waals surface area (Å²) in [5.74, 6) is 1.52. The molecule has 0 radical (unpaired) electrons. The Hall–Kier alpha value is -1.08. The molecule has 1 fully saturated rings. The van der Waals surface area contributed by atoms with Crippen LogP contribution in [0, 0.1) is 5.92 Å². The van der Waals surface area contributed by atoms with Gasteiger partial charge in [0.1, 0.15) is 0 Å². The van der Waals surface area contributed by atoms with E-state index >= 15 is 0 Å². The summed E-state index contributed by atoms with van der Waals surface area (Å²) in [5.41, 5.74) is 3.07. The molecule has 0 aliphatic heterocycles. The van der Waals surface area contributed by atoms with Gasteiger partial charge in [0, 0.05) is 6.61 Å². The van der Waals surface area contributed by atoms with E-state index in [2.05, 4.69) is 37.8 Å². The van der Waals surface area contributed by atoms with Crippen LogP contribution in [0.3, 0.4) is 0 Å². The highest BCUT2D eigenvalue weighted by Gasteiger charge is 2.22. The molecular weight excluding hydrogens is 292 g/mol. The molecule has 0 bridgehead atoms. The van der Waals surface area contributed by atoms with Gasteiger partial charge in [-0.3, -0.25) is 0 Å². The van der Waals surface area contributed by atoms with Crippen molar-refractivity contribution >= 4 is 0 Å². The van der Waals surface area contributed by atoms with E-state index in [4.69, 9.17) is 4.74 Å². The third-order valence-corrected chi connectivity index (χ3v) is 5.46. The summed E-state index contributed by atoms with van der Waals surface area (Å²) in [6, 6.07) is 9.52. The summed E-state index contributed by atoms with van der Waals surface area (Å²) in [5, 5.41) is 0. The minimum Gasteiger partial charge on any atom is -0.377 e. The van der Waals surface area contributed by atoms with Crippen LogP contribution in [-0.4, -0.2) is 13.2 Å². The van der Waals surface area contributed by atoms with Gasteiger partial charge < -0.3 is 4.74 Å². The lowest BCUT2D eigenvalue weighted by molar-refractivity contribution is 0.102. The SMILES string of the molecule is C=CCOCC1CCC(c2ccc(CCCCCCC)cc2)CC1. The predicted octanol–water partition coefficient (Wildman–Crippen LogP) is 6.68. The Labute approximate surface area is 149 Å². The highest BCUT2D eigenvalue weighted by Crippen LogP contribution is 2.36. The molecule has 0 unspecified atom stereocenters. The summed E-state index contributed by atoms with van der Waals surface area (Å²) in [4.78, 5) is 0. The number of rotatable bonds is 11. The smallest absolute Gasteiger partial charge is 0.0644 e. The lowest BCUT2D eigenvalue weighted by Crippen LogP contribution is -2.18. The van der Waals surface area contributed by atoms with Gasteiger partial charge in [-0.2, -0.15) is 0 Å². The van der Waals surface area contributed by atoms with Gasteiger partial charge in [0.15, 0.2) is 0 Å². The van der Waals surface area contributed by atoms with Crippen molar-refractivity contribution in [3.05, 3.63) is 48.0 Å². The van der Waals surface area contributed by atoms with Gasteiger partial charge in [-0.15, -0.1) is 6.58 Å². The average molecular weight is 329 g/mol. The summed E-state index contributed by atoms with van der Waals surface area (Å²) in [7, 11) is 0. The Morgan fingerprint density at radius 1 is 1.00 bits per heavy atom. The van der Waals surface area contributed by atoms with E-state index in [9.17, 15) is 0 Å². The molecule has 1 aromatic rings. The number of benzene rings is 1. The Bertz CT molecular complexity index is 440. The number of hydrogen-bond donors (Lipinski definition) is 0. The largest absolute Gasteiger partial charge is 0.377 e. The van der Waals surface area contributed by atoms with E-state index in [1.54, 1.807) is 5.56 Å². The number of aryl methyl sites for hydroxylation is 1. The van der Waals surface area contributed by atoms with Gasteiger partial charge in [-0.1, -0.05) is 62.9 Å². The van der Waals surface area contributed by atoms with E-state index in [1.807, 2.05) is 6.08 Å². The van der Waals surface area contributed by atoms with Gasteiger partial charge in [-0.25, -0.2) is 0 Å². The molecule has 1 heteroatoms. The fraction of sp³-hybridized carbons (Fsp3) is 0.652. The molecule has 134 valence electrons. The Balaban J connectivity index is 1.69. The third-order valence-electron chi connectivity index (χ3n) is 5.46. The van der Waals surface area contributed by atoms with E-state index < -0.39 is 0 Å². The van der Waals surface area contributed by atoms with Crippen LogP contribution in [0.15, 0.2) is 36.9 Å². The first kappa shape index (κ1) is 19.2. The maximum absolute atomic E-state index is 5.62. The Morgan fingerprint density at radius 3 is 2.38 bits per heavy atom.